The van der Waals surface area contributed by atoms with Crippen LogP contribution in [0.3, 0.4) is 0 Å². The minimum Gasteiger partial charge on any atom is -0.339 e. The summed E-state index contributed by atoms with van der Waals surface area (Å²) in [6, 6.07) is 12.4. The predicted octanol–water partition coefficient (Wildman–Crippen LogP) is 2.16. The zero-order valence-corrected chi connectivity index (χ0v) is 13.1. The van der Waals surface area contributed by atoms with Gasteiger partial charge >= 0.3 is 0 Å². The Hall–Kier alpha value is -2.18. The standard InChI is InChI=1S/C16H18N2O3S/c1-2-21-18-15(19)13(11-12-7-4-3-5-8-12)17-16(20)14-9-6-10-22-14/h3-10,13H,2,11H2,1H3,(H,17,20)(H,18,19). The molecule has 0 aliphatic rings. The molecule has 2 rings (SSSR count). The first-order valence-electron chi connectivity index (χ1n) is 7.00. The summed E-state index contributed by atoms with van der Waals surface area (Å²) in [5.41, 5.74) is 3.32. The number of hydroxylamine groups is 1. The van der Waals surface area contributed by atoms with Crippen molar-refractivity contribution in [2.75, 3.05) is 6.61 Å². The maximum atomic E-state index is 12.2. The van der Waals surface area contributed by atoms with Crippen LogP contribution in [0, 0.1) is 0 Å². The highest BCUT2D eigenvalue weighted by Gasteiger charge is 2.22. The molecule has 2 N–H and O–H groups in total. The van der Waals surface area contributed by atoms with Crippen molar-refractivity contribution in [2.24, 2.45) is 0 Å². The third-order valence-corrected chi connectivity index (χ3v) is 3.84. The summed E-state index contributed by atoms with van der Waals surface area (Å²) >= 11 is 1.33. The first kappa shape index (κ1) is 16.2. The summed E-state index contributed by atoms with van der Waals surface area (Å²) in [5.74, 6) is -0.627. The van der Waals surface area contributed by atoms with Gasteiger partial charge in [-0.25, -0.2) is 5.48 Å². The van der Waals surface area contributed by atoms with E-state index >= 15 is 0 Å². The summed E-state index contributed by atoms with van der Waals surface area (Å²) in [6.45, 7) is 2.14. The molecule has 0 saturated heterocycles. The smallest absolute Gasteiger partial charge is 0.266 e. The molecule has 1 atom stereocenters. The Morgan fingerprint density at radius 3 is 2.59 bits per heavy atom. The predicted molar refractivity (Wildman–Crippen MR) is 85.5 cm³/mol. The lowest BCUT2D eigenvalue weighted by Gasteiger charge is -2.17. The van der Waals surface area contributed by atoms with Gasteiger partial charge in [-0.3, -0.25) is 14.4 Å². The van der Waals surface area contributed by atoms with E-state index in [1.807, 2.05) is 35.7 Å². The molecule has 0 radical (unpaired) electrons. The van der Waals surface area contributed by atoms with Crippen molar-refractivity contribution in [2.45, 2.75) is 19.4 Å². The monoisotopic (exact) mass is 318 g/mol. The number of carbonyl (C=O) groups is 2. The highest BCUT2D eigenvalue weighted by atomic mass is 32.1. The normalized spacial score (nSPS) is 11.7. The van der Waals surface area contributed by atoms with E-state index in [1.165, 1.54) is 11.3 Å². The molecule has 1 unspecified atom stereocenters. The molecule has 1 aromatic heterocycles. The second-order valence-corrected chi connectivity index (χ2v) is 5.54. The molecule has 0 fully saturated rings. The molecule has 0 spiro atoms. The molecule has 1 aromatic carbocycles. The van der Waals surface area contributed by atoms with Crippen molar-refractivity contribution in [1.29, 1.82) is 0 Å². The van der Waals surface area contributed by atoms with Crippen LogP contribution in [0.1, 0.15) is 22.2 Å². The SMILES string of the molecule is CCONC(=O)C(Cc1ccccc1)NC(=O)c1cccs1. The number of hydrogen-bond acceptors (Lipinski definition) is 4. The molecule has 0 aliphatic heterocycles. The van der Waals surface area contributed by atoms with Crippen LogP contribution in [0.2, 0.25) is 0 Å². The van der Waals surface area contributed by atoms with Gasteiger partial charge in [0, 0.05) is 6.42 Å². The summed E-state index contributed by atoms with van der Waals surface area (Å²) in [6.07, 6.45) is 0.400. The van der Waals surface area contributed by atoms with Crippen molar-refractivity contribution in [3.05, 3.63) is 58.3 Å². The van der Waals surface area contributed by atoms with Gasteiger partial charge in [0.25, 0.3) is 11.8 Å². The highest BCUT2D eigenvalue weighted by Crippen LogP contribution is 2.10. The summed E-state index contributed by atoms with van der Waals surface area (Å²) in [7, 11) is 0. The van der Waals surface area contributed by atoms with Gasteiger partial charge in [-0.2, -0.15) is 0 Å². The molecule has 0 bridgehead atoms. The van der Waals surface area contributed by atoms with Gasteiger partial charge in [-0.1, -0.05) is 36.4 Å². The van der Waals surface area contributed by atoms with E-state index in [1.54, 1.807) is 19.1 Å². The Bertz CT molecular complexity index is 599. The van der Waals surface area contributed by atoms with Gasteiger partial charge in [0.15, 0.2) is 0 Å². The number of nitrogens with one attached hydrogen (secondary N) is 2. The maximum absolute atomic E-state index is 12.2. The number of rotatable bonds is 7. The van der Waals surface area contributed by atoms with Crippen LogP contribution < -0.4 is 10.8 Å². The van der Waals surface area contributed by atoms with E-state index in [2.05, 4.69) is 10.8 Å². The molecular formula is C16H18N2O3S. The molecule has 22 heavy (non-hydrogen) atoms. The van der Waals surface area contributed by atoms with Gasteiger partial charge in [0.2, 0.25) is 0 Å². The zero-order valence-electron chi connectivity index (χ0n) is 12.2. The molecule has 6 heteroatoms. The Labute approximate surface area is 133 Å². The minimum absolute atomic E-state index is 0.262. The van der Waals surface area contributed by atoms with Gasteiger partial charge < -0.3 is 5.32 Å². The lowest BCUT2D eigenvalue weighted by molar-refractivity contribution is -0.135. The van der Waals surface area contributed by atoms with Crippen molar-refractivity contribution in [1.82, 2.24) is 10.8 Å². The van der Waals surface area contributed by atoms with E-state index < -0.39 is 6.04 Å². The van der Waals surface area contributed by atoms with E-state index in [0.717, 1.165) is 5.56 Å². The highest BCUT2D eigenvalue weighted by molar-refractivity contribution is 7.12. The second-order valence-electron chi connectivity index (χ2n) is 4.59. The van der Waals surface area contributed by atoms with Gasteiger partial charge in [-0.15, -0.1) is 11.3 Å². The fourth-order valence-electron chi connectivity index (χ4n) is 1.91. The molecule has 2 amide bonds. The van der Waals surface area contributed by atoms with Crippen LogP contribution in [0.4, 0.5) is 0 Å². The topological polar surface area (TPSA) is 67.4 Å². The molecule has 0 saturated carbocycles. The van der Waals surface area contributed by atoms with Gasteiger partial charge in [-0.05, 0) is 23.9 Å². The number of carbonyl (C=O) groups excluding carboxylic acids is 2. The summed E-state index contributed by atoms with van der Waals surface area (Å²) in [5, 5.41) is 4.58. The molecule has 116 valence electrons. The van der Waals surface area contributed by atoms with Crippen LogP contribution in [-0.2, 0) is 16.1 Å². The van der Waals surface area contributed by atoms with Gasteiger partial charge in [0.1, 0.15) is 6.04 Å². The number of hydrogen-bond donors (Lipinski definition) is 2. The van der Waals surface area contributed by atoms with Gasteiger partial charge in [0.05, 0.1) is 11.5 Å². The van der Waals surface area contributed by atoms with E-state index in [9.17, 15) is 9.59 Å². The van der Waals surface area contributed by atoms with Crippen LogP contribution in [0.15, 0.2) is 47.8 Å². The summed E-state index contributed by atoms with van der Waals surface area (Å²) in [4.78, 5) is 29.8. The Balaban J connectivity index is 2.07. The lowest BCUT2D eigenvalue weighted by Crippen LogP contribution is -2.47. The third-order valence-electron chi connectivity index (χ3n) is 2.97. The second kappa shape index (κ2) is 8.31. The molecule has 0 aliphatic carbocycles. The number of thiophene rings is 1. The minimum atomic E-state index is -0.691. The average molecular weight is 318 g/mol. The molecule has 2 aromatic rings. The van der Waals surface area contributed by atoms with Crippen LogP contribution in [0.5, 0.6) is 0 Å². The lowest BCUT2D eigenvalue weighted by atomic mass is 10.1. The molecule has 5 nitrogen and oxygen atoms in total. The first-order chi connectivity index (χ1) is 10.7. The number of amides is 2. The van der Waals surface area contributed by atoms with Crippen molar-refractivity contribution >= 4 is 23.2 Å². The first-order valence-corrected chi connectivity index (χ1v) is 7.88. The Morgan fingerprint density at radius 1 is 1.18 bits per heavy atom. The molecule has 1 heterocycles. The molecular weight excluding hydrogens is 300 g/mol. The largest absolute Gasteiger partial charge is 0.339 e. The van der Waals surface area contributed by atoms with E-state index in [-0.39, 0.29) is 11.8 Å². The van der Waals surface area contributed by atoms with Crippen molar-refractivity contribution in [3.63, 3.8) is 0 Å². The fraction of sp³-hybridized carbons (Fsp3) is 0.250. The van der Waals surface area contributed by atoms with E-state index in [4.69, 9.17) is 4.84 Å². The zero-order chi connectivity index (χ0) is 15.8. The van der Waals surface area contributed by atoms with Crippen LogP contribution in [0.25, 0.3) is 0 Å². The maximum Gasteiger partial charge on any atom is 0.266 e. The van der Waals surface area contributed by atoms with Crippen LogP contribution >= 0.6 is 11.3 Å². The number of benzene rings is 1. The quantitative estimate of drug-likeness (QED) is 0.769. The summed E-state index contributed by atoms with van der Waals surface area (Å²) < 4.78 is 0. The van der Waals surface area contributed by atoms with Crippen LogP contribution in [-0.4, -0.2) is 24.5 Å². The van der Waals surface area contributed by atoms with Crippen molar-refractivity contribution < 1.29 is 14.4 Å². The Kier molecular flexibility index (Phi) is 6.12. The van der Waals surface area contributed by atoms with Crippen molar-refractivity contribution in [3.8, 4) is 0 Å². The van der Waals surface area contributed by atoms with E-state index in [0.29, 0.717) is 17.9 Å². The third kappa shape index (κ3) is 4.68. The average Bonchev–Trinajstić information content (AvgIpc) is 3.07. The Morgan fingerprint density at radius 2 is 1.95 bits per heavy atom. The fourth-order valence-corrected chi connectivity index (χ4v) is 2.54.